The molecule has 0 aliphatic carbocycles. The summed E-state index contributed by atoms with van der Waals surface area (Å²) in [5, 5.41) is 4.66. The molecule has 0 spiro atoms. The van der Waals surface area contributed by atoms with Crippen molar-refractivity contribution in [1.29, 1.82) is 0 Å². The smallest absolute Gasteiger partial charge is 0.230 e. The molecule has 0 fully saturated rings. The minimum absolute atomic E-state index is 0.244. The van der Waals surface area contributed by atoms with E-state index in [9.17, 15) is 0 Å². The minimum Gasteiger partial charge on any atom is -0.497 e. The summed E-state index contributed by atoms with van der Waals surface area (Å²) in [4.78, 5) is 0. The Bertz CT molecular complexity index is 766. The molecule has 0 unspecified atom stereocenters. The molecule has 0 saturated heterocycles. The third kappa shape index (κ3) is 2.45. The first-order chi connectivity index (χ1) is 10.2. The van der Waals surface area contributed by atoms with Crippen LogP contribution < -0.4 is 10.5 Å². The van der Waals surface area contributed by atoms with Gasteiger partial charge in [0.15, 0.2) is 0 Å². The number of nitrogen functional groups attached to an aromatic ring is 1. The number of ether oxygens (including phenoxy) is 1. The van der Waals surface area contributed by atoms with Gasteiger partial charge in [0, 0.05) is 16.1 Å². The first-order valence-corrected chi connectivity index (χ1v) is 6.73. The van der Waals surface area contributed by atoms with Crippen molar-refractivity contribution in [1.82, 2.24) is 5.16 Å². The highest BCUT2D eigenvalue weighted by Gasteiger charge is 2.19. The second-order valence-electron chi connectivity index (χ2n) is 4.48. The summed E-state index contributed by atoms with van der Waals surface area (Å²) in [5.41, 5.74) is 8.95. The highest BCUT2D eigenvalue weighted by Crippen LogP contribution is 2.39. The SMILES string of the molecule is COc1ccc(-c2noc(N)c2-c2ccccc2Cl)cc1. The lowest BCUT2D eigenvalue weighted by Crippen LogP contribution is -1.89. The van der Waals surface area contributed by atoms with Gasteiger partial charge in [-0.15, -0.1) is 0 Å². The van der Waals surface area contributed by atoms with E-state index in [1.54, 1.807) is 13.2 Å². The van der Waals surface area contributed by atoms with Gasteiger partial charge in [0.25, 0.3) is 0 Å². The Morgan fingerprint density at radius 3 is 2.48 bits per heavy atom. The molecule has 1 heterocycles. The molecule has 5 heteroatoms. The number of hydrogen-bond acceptors (Lipinski definition) is 4. The number of methoxy groups -OCH3 is 1. The molecule has 0 bridgehead atoms. The third-order valence-electron chi connectivity index (χ3n) is 3.23. The van der Waals surface area contributed by atoms with Gasteiger partial charge in [-0.1, -0.05) is 35.0 Å². The molecule has 0 amide bonds. The van der Waals surface area contributed by atoms with E-state index in [1.165, 1.54) is 0 Å². The summed E-state index contributed by atoms with van der Waals surface area (Å²) in [6.07, 6.45) is 0. The molecule has 0 aliphatic rings. The van der Waals surface area contributed by atoms with E-state index in [2.05, 4.69) is 5.16 Å². The van der Waals surface area contributed by atoms with Crippen LogP contribution in [0.1, 0.15) is 0 Å². The number of hydrogen-bond donors (Lipinski definition) is 1. The van der Waals surface area contributed by atoms with Crippen LogP contribution in [0.3, 0.4) is 0 Å². The number of aromatic nitrogens is 1. The van der Waals surface area contributed by atoms with Crippen LogP contribution in [0.4, 0.5) is 5.88 Å². The summed E-state index contributed by atoms with van der Waals surface area (Å²) in [5.74, 6) is 1.02. The molecule has 2 N–H and O–H groups in total. The summed E-state index contributed by atoms with van der Waals surface area (Å²) in [7, 11) is 1.62. The van der Waals surface area contributed by atoms with Gasteiger partial charge >= 0.3 is 0 Å². The first kappa shape index (κ1) is 13.5. The molecule has 106 valence electrons. The van der Waals surface area contributed by atoms with Crippen molar-refractivity contribution < 1.29 is 9.26 Å². The van der Waals surface area contributed by atoms with Crippen LogP contribution in [0.5, 0.6) is 5.75 Å². The molecular formula is C16H13ClN2O2. The lowest BCUT2D eigenvalue weighted by molar-refractivity contribution is 0.415. The molecule has 21 heavy (non-hydrogen) atoms. The number of nitrogens with two attached hydrogens (primary N) is 1. The van der Waals surface area contributed by atoms with Crippen molar-refractivity contribution >= 4 is 17.5 Å². The molecule has 3 aromatic rings. The molecule has 0 atom stereocenters. The van der Waals surface area contributed by atoms with Crippen molar-refractivity contribution in [2.24, 2.45) is 0 Å². The highest BCUT2D eigenvalue weighted by molar-refractivity contribution is 6.33. The number of rotatable bonds is 3. The van der Waals surface area contributed by atoms with Gasteiger partial charge < -0.3 is 15.0 Å². The largest absolute Gasteiger partial charge is 0.497 e. The summed E-state index contributed by atoms with van der Waals surface area (Å²) < 4.78 is 10.3. The zero-order valence-corrected chi connectivity index (χ0v) is 12.1. The van der Waals surface area contributed by atoms with Crippen molar-refractivity contribution in [3.63, 3.8) is 0 Å². The maximum atomic E-state index is 6.25. The fraction of sp³-hybridized carbons (Fsp3) is 0.0625. The van der Waals surface area contributed by atoms with Crippen molar-refractivity contribution in [2.45, 2.75) is 0 Å². The fourth-order valence-electron chi connectivity index (χ4n) is 2.17. The Morgan fingerprint density at radius 1 is 1.10 bits per heavy atom. The second-order valence-corrected chi connectivity index (χ2v) is 4.89. The van der Waals surface area contributed by atoms with Crippen molar-refractivity contribution in [3.8, 4) is 28.1 Å². The standard InChI is InChI=1S/C16H13ClN2O2/c1-20-11-8-6-10(7-9-11)15-14(16(18)21-19-15)12-4-2-3-5-13(12)17/h2-9H,18H2,1H3. The lowest BCUT2D eigenvalue weighted by Gasteiger charge is -2.05. The maximum absolute atomic E-state index is 6.25. The van der Waals surface area contributed by atoms with E-state index in [0.29, 0.717) is 16.3 Å². The molecule has 0 aliphatic heterocycles. The predicted octanol–water partition coefficient (Wildman–Crippen LogP) is 4.25. The van der Waals surface area contributed by atoms with Crippen LogP contribution >= 0.6 is 11.6 Å². The molecule has 2 aromatic carbocycles. The van der Waals surface area contributed by atoms with Crippen molar-refractivity contribution in [2.75, 3.05) is 12.8 Å². The van der Waals surface area contributed by atoms with Crippen LogP contribution in [-0.4, -0.2) is 12.3 Å². The Hall–Kier alpha value is -2.46. The van der Waals surface area contributed by atoms with Gasteiger partial charge in [-0.25, -0.2) is 0 Å². The van der Waals surface area contributed by atoms with E-state index in [-0.39, 0.29) is 5.88 Å². The monoisotopic (exact) mass is 300 g/mol. The minimum atomic E-state index is 0.244. The quantitative estimate of drug-likeness (QED) is 0.785. The third-order valence-corrected chi connectivity index (χ3v) is 3.55. The Balaban J connectivity index is 2.15. The van der Waals surface area contributed by atoms with E-state index in [0.717, 1.165) is 16.9 Å². The van der Waals surface area contributed by atoms with Gasteiger partial charge in [0.1, 0.15) is 11.4 Å². The van der Waals surface area contributed by atoms with Gasteiger partial charge in [-0.2, -0.15) is 0 Å². The Kier molecular flexibility index (Phi) is 3.54. The summed E-state index contributed by atoms with van der Waals surface area (Å²) >= 11 is 6.25. The van der Waals surface area contributed by atoms with E-state index in [4.69, 9.17) is 26.6 Å². The normalized spacial score (nSPS) is 10.6. The summed E-state index contributed by atoms with van der Waals surface area (Å²) in [6.45, 7) is 0. The molecule has 3 rings (SSSR count). The number of nitrogens with zero attached hydrogens (tertiary/aromatic N) is 1. The molecule has 1 aromatic heterocycles. The predicted molar refractivity (Wildman–Crippen MR) is 83.3 cm³/mol. The van der Waals surface area contributed by atoms with Crippen LogP contribution in [-0.2, 0) is 0 Å². The van der Waals surface area contributed by atoms with E-state index in [1.807, 2.05) is 42.5 Å². The Morgan fingerprint density at radius 2 is 1.81 bits per heavy atom. The molecular weight excluding hydrogens is 288 g/mol. The van der Waals surface area contributed by atoms with Gasteiger partial charge in [-0.3, -0.25) is 0 Å². The highest BCUT2D eigenvalue weighted by atomic mass is 35.5. The second kappa shape index (κ2) is 5.50. The van der Waals surface area contributed by atoms with Crippen LogP contribution in [0.15, 0.2) is 53.1 Å². The number of benzene rings is 2. The van der Waals surface area contributed by atoms with Crippen LogP contribution in [0.2, 0.25) is 5.02 Å². The number of anilines is 1. The van der Waals surface area contributed by atoms with Gasteiger partial charge in [-0.05, 0) is 30.3 Å². The molecule has 4 nitrogen and oxygen atoms in total. The van der Waals surface area contributed by atoms with Crippen LogP contribution in [0.25, 0.3) is 22.4 Å². The van der Waals surface area contributed by atoms with Crippen LogP contribution in [0, 0.1) is 0 Å². The van der Waals surface area contributed by atoms with E-state index >= 15 is 0 Å². The first-order valence-electron chi connectivity index (χ1n) is 6.35. The average molecular weight is 301 g/mol. The fourth-order valence-corrected chi connectivity index (χ4v) is 2.40. The van der Waals surface area contributed by atoms with Gasteiger partial charge in [0.05, 0.1) is 12.7 Å². The maximum Gasteiger partial charge on any atom is 0.230 e. The zero-order chi connectivity index (χ0) is 14.8. The summed E-state index contributed by atoms with van der Waals surface area (Å²) in [6, 6.07) is 15.0. The topological polar surface area (TPSA) is 61.3 Å². The Labute approximate surface area is 127 Å². The molecule has 0 saturated carbocycles. The zero-order valence-electron chi connectivity index (χ0n) is 11.3. The van der Waals surface area contributed by atoms with Crippen molar-refractivity contribution in [3.05, 3.63) is 53.6 Å². The molecule has 0 radical (unpaired) electrons. The van der Waals surface area contributed by atoms with E-state index < -0.39 is 0 Å². The van der Waals surface area contributed by atoms with Gasteiger partial charge in [0.2, 0.25) is 5.88 Å². The average Bonchev–Trinajstić information content (AvgIpc) is 2.89. The number of halogens is 1. The lowest BCUT2D eigenvalue weighted by atomic mass is 10.0.